The summed E-state index contributed by atoms with van der Waals surface area (Å²) >= 11 is 0. The number of nitrogens with zero attached hydrogens (tertiary/aromatic N) is 2. The summed E-state index contributed by atoms with van der Waals surface area (Å²) in [5.74, 6) is 0.111. The number of aromatic amines is 1. The summed E-state index contributed by atoms with van der Waals surface area (Å²) in [5, 5.41) is 9.77. The van der Waals surface area contributed by atoms with Crippen LogP contribution in [-0.2, 0) is 6.42 Å². The average molecular weight is 281 g/mol. The van der Waals surface area contributed by atoms with Gasteiger partial charge in [0.2, 0.25) is 0 Å². The highest BCUT2D eigenvalue weighted by Crippen LogP contribution is 2.25. The van der Waals surface area contributed by atoms with Gasteiger partial charge in [-0.25, -0.2) is 0 Å². The first-order valence-corrected chi connectivity index (χ1v) is 7.48. The Morgan fingerprint density at radius 3 is 2.86 bits per heavy atom. The molecule has 2 aromatic rings. The Kier molecular flexibility index (Phi) is 3.66. The molecule has 3 rings (SSSR count). The molecule has 4 heteroatoms. The summed E-state index contributed by atoms with van der Waals surface area (Å²) in [6, 6.07) is 8.32. The molecular weight excluding hydrogens is 262 g/mol. The van der Waals surface area contributed by atoms with Crippen LogP contribution in [-0.4, -0.2) is 28.9 Å². The second-order valence-electron chi connectivity index (χ2n) is 5.66. The maximum absolute atomic E-state index is 12.5. The summed E-state index contributed by atoms with van der Waals surface area (Å²) < 4.78 is 0. The number of benzene rings is 1. The van der Waals surface area contributed by atoms with Gasteiger partial charge in [-0.05, 0) is 43.4 Å². The summed E-state index contributed by atoms with van der Waals surface area (Å²) in [4.78, 5) is 17.8. The second kappa shape index (κ2) is 5.61. The fraction of sp³-hybridized carbons (Fsp3) is 0.412. The van der Waals surface area contributed by atoms with Crippen molar-refractivity contribution in [3.8, 4) is 6.07 Å². The van der Waals surface area contributed by atoms with Gasteiger partial charge >= 0.3 is 0 Å². The number of nitrogens with one attached hydrogen (secondary N) is 1. The molecule has 4 nitrogen and oxygen atoms in total. The van der Waals surface area contributed by atoms with Crippen LogP contribution < -0.4 is 0 Å². The lowest BCUT2D eigenvalue weighted by Crippen LogP contribution is -2.28. The molecule has 1 fully saturated rings. The van der Waals surface area contributed by atoms with Crippen molar-refractivity contribution in [3.05, 3.63) is 35.0 Å². The van der Waals surface area contributed by atoms with Gasteiger partial charge in [0.15, 0.2) is 0 Å². The highest BCUT2D eigenvalue weighted by molar-refractivity contribution is 6.01. The number of aryl methyl sites for hydroxylation is 2. The largest absolute Gasteiger partial charge is 0.350 e. The van der Waals surface area contributed by atoms with Crippen molar-refractivity contribution in [2.24, 2.45) is 0 Å². The molecule has 0 saturated carbocycles. The third-order valence-electron chi connectivity index (χ3n) is 4.26. The number of carbonyl (C=O) groups is 1. The number of likely N-dealkylation sites (tertiary alicyclic amines) is 1. The minimum Gasteiger partial charge on any atom is -0.350 e. The zero-order valence-electron chi connectivity index (χ0n) is 12.3. The monoisotopic (exact) mass is 281 g/mol. The Balaban J connectivity index is 1.95. The molecule has 1 amide bonds. The Bertz CT molecular complexity index is 717. The first-order valence-electron chi connectivity index (χ1n) is 7.48. The number of carbonyl (C=O) groups excluding carboxylic acids is 1. The first kappa shape index (κ1) is 13.7. The van der Waals surface area contributed by atoms with Crippen LogP contribution in [0.2, 0.25) is 0 Å². The Labute approximate surface area is 124 Å². The standard InChI is InChI=1S/C17H19N3O/c1-12-14-7-6-13(5-4-8-18)11-15(14)19-16(12)17(21)20-9-2-3-10-20/h6-7,11,19H,2-5,9-10H2,1H3. The van der Waals surface area contributed by atoms with Gasteiger partial charge < -0.3 is 9.88 Å². The highest BCUT2D eigenvalue weighted by atomic mass is 16.2. The molecule has 21 heavy (non-hydrogen) atoms. The fourth-order valence-corrected chi connectivity index (χ4v) is 3.03. The van der Waals surface area contributed by atoms with Crippen LogP contribution >= 0.6 is 0 Å². The van der Waals surface area contributed by atoms with Crippen LogP contribution in [0.4, 0.5) is 0 Å². The molecule has 1 aliphatic heterocycles. The number of nitriles is 1. The van der Waals surface area contributed by atoms with E-state index >= 15 is 0 Å². The van der Waals surface area contributed by atoms with E-state index < -0.39 is 0 Å². The molecule has 1 N–H and O–H groups in total. The smallest absolute Gasteiger partial charge is 0.270 e. The van der Waals surface area contributed by atoms with E-state index in [0.29, 0.717) is 12.1 Å². The summed E-state index contributed by atoms with van der Waals surface area (Å²) in [7, 11) is 0. The minimum atomic E-state index is 0.111. The quantitative estimate of drug-likeness (QED) is 0.939. The Morgan fingerprint density at radius 2 is 2.14 bits per heavy atom. The first-order chi connectivity index (χ1) is 10.2. The molecule has 1 aromatic heterocycles. The Morgan fingerprint density at radius 1 is 1.38 bits per heavy atom. The predicted octanol–water partition coefficient (Wildman–Crippen LogP) is 3.17. The van der Waals surface area contributed by atoms with E-state index in [1.165, 1.54) is 0 Å². The normalized spacial score (nSPS) is 14.6. The molecule has 2 heterocycles. The van der Waals surface area contributed by atoms with Gasteiger partial charge in [-0.15, -0.1) is 0 Å². The van der Waals surface area contributed by atoms with Crippen molar-refractivity contribution in [1.29, 1.82) is 5.26 Å². The van der Waals surface area contributed by atoms with E-state index in [1.54, 1.807) is 0 Å². The Hall–Kier alpha value is -2.28. The lowest BCUT2D eigenvalue weighted by atomic mass is 10.1. The molecule has 1 aliphatic rings. The molecule has 1 aromatic carbocycles. The van der Waals surface area contributed by atoms with Gasteiger partial charge in [0.25, 0.3) is 5.91 Å². The average Bonchev–Trinajstić information content (AvgIpc) is 3.13. The zero-order valence-corrected chi connectivity index (χ0v) is 12.3. The van der Waals surface area contributed by atoms with Crippen molar-refractivity contribution < 1.29 is 4.79 Å². The van der Waals surface area contributed by atoms with Crippen LogP contribution in [0.25, 0.3) is 10.9 Å². The van der Waals surface area contributed by atoms with Crippen molar-refractivity contribution >= 4 is 16.8 Å². The van der Waals surface area contributed by atoms with Crippen molar-refractivity contribution in [2.75, 3.05) is 13.1 Å². The van der Waals surface area contributed by atoms with Crippen LogP contribution in [0.5, 0.6) is 0 Å². The summed E-state index contributed by atoms with van der Waals surface area (Å²) in [6.07, 6.45) is 3.47. The maximum atomic E-state index is 12.5. The van der Waals surface area contributed by atoms with Gasteiger partial charge in [-0.2, -0.15) is 5.26 Å². The lowest BCUT2D eigenvalue weighted by molar-refractivity contribution is 0.0787. The van der Waals surface area contributed by atoms with E-state index in [2.05, 4.69) is 23.2 Å². The van der Waals surface area contributed by atoms with Gasteiger partial charge in [-0.1, -0.05) is 12.1 Å². The SMILES string of the molecule is Cc1c(C(=O)N2CCCC2)[nH]c2cc(CCC#N)ccc12. The number of hydrogen-bond acceptors (Lipinski definition) is 2. The van der Waals surface area contributed by atoms with E-state index in [-0.39, 0.29) is 5.91 Å². The molecule has 108 valence electrons. The lowest BCUT2D eigenvalue weighted by Gasteiger charge is -2.14. The highest BCUT2D eigenvalue weighted by Gasteiger charge is 2.23. The van der Waals surface area contributed by atoms with Crippen LogP contribution in [0, 0.1) is 18.3 Å². The van der Waals surface area contributed by atoms with Gasteiger partial charge in [0, 0.05) is 30.4 Å². The van der Waals surface area contributed by atoms with E-state index in [9.17, 15) is 4.79 Å². The van der Waals surface area contributed by atoms with Crippen LogP contribution in [0.1, 0.15) is 40.9 Å². The molecule has 0 atom stereocenters. The van der Waals surface area contributed by atoms with Crippen molar-refractivity contribution in [2.45, 2.75) is 32.6 Å². The fourth-order valence-electron chi connectivity index (χ4n) is 3.03. The zero-order chi connectivity index (χ0) is 14.8. The van der Waals surface area contributed by atoms with Crippen LogP contribution in [0.3, 0.4) is 0 Å². The number of rotatable bonds is 3. The predicted molar refractivity (Wildman–Crippen MR) is 82.1 cm³/mol. The summed E-state index contributed by atoms with van der Waals surface area (Å²) in [5.41, 5.74) is 3.86. The molecule has 0 aliphatic carbocycles. The maximum Gasteiger partial charge on any atom is 0.270 e. The topological polar surface area (TPSA) is 59.9 Å². The third kappa shape index (κ3) is 2.52. The number of aromatic nitrogens is 1. The molecule has 1 saturated heterocycles. The van der Waals surface area contributed by atoms with Crippen molar-refractivity contribution in [3.63, 3.8) is 0 Å². The summed E-state index contributed by atoms with van der Waals surface area (Å²) in [6.45, 7) is 3.72. The number of fused-ring (bicyclic) bond motifs is 1. The molecule has 0 radical (unpaired) electrons. The van der Waals surface area contributed by atoms with Gasteiger partial charge in [-0.3, -0.25) is 4.79 Å². The molecule has 0 unspecified atom stereocenters. The van der Waals surface area contributed by atoms with E-state index in [1.807, 2.05) is 17.9 Å². The number of H-pyrrole nitrogens is 1. The second-order valence-corrected chi connectivity index (χ2v) is 5.66. The third-order valence-corrected chi connectivity index (χ3v) is 4.26. The van der Waals surface area contributed by atoms with Gasteiger partial charge in [0.05, 0.1) is 6.07 Å². The van der Waals surface area contributed by atoms with E-state index in [0.717, 1.165) is 54.4 Å². The number of amides is 1. The molecule has 0 bridgehead atoms. The minimum absolute atomic E-state index is 0.111. The van der Waals surface area contributed by atoms with Crippen LogP contribution in [0.15, 0.2) is 18.2 Å². The van der Waals surface area contributed by atoms with Crippen molar-refractivity contribution in [1.82, 2.24) is 9.88 Å². The van der Waals surface area contributed by atoms with E-state index in [4.69, 9.17) is 5.26 Å². The molecular formula is C17H19N3O. The number of hydrogen-bond donors (Lipinski definition) is 1. The van der Waals surface area contributed by atoms with Gasteiger partial charge in [0.1, 0.15) is 5.69 Å². The molecule has 0 spiro atoms.